The van der Waals surface area contributed by atoms with Crippen LogP contribution in [-0.2, 0) is 9.05 Å². The largest absolute Gasteiger partial charge is 0.261 e. The molecule has 2 aromatic rings. The zero-order valence-electron chi connectivity index (χ0n) is 9.52. The van der Waals surface area contributed by atoms with Crippen LogP contribution in [0, 0.1) is 12.7 Å². The topological polar surface area (TPSA) is 34.1 Å². The van der Waals surface area contributed by atoms with E-state index in [0.29, 0.717) is 5.56 Å². The van der Waals surface area contributed by atoms with Crippen molar-refractivity contribution in [2.24, 2.45) is 0 Å². The number of rotatable bonds is 2. The summed E-state index contributed by atoms with van der Waals surface area (Å²) < 4.78 is 35.3. The van der Waals surface area contributed by atoms with Gasteiger partial charge in [0.15, 0.2) is 0 Å². The van der Waals surface area contributed by atoms with Gasteiger partial charge < -0.3 is 0 Å². The first-order valence-corrected chi connectivity index (χ1v) is 7.50. The summed E-state index contributed by atoms with van der Waals surface area (Å²) in [5.41, 5.74) is 2.20. The summed E-state index contributed by atoms with van der Waals surface area (Å²) in [6, 6.07) is 10.8. The first-order chi connectivity index (χ1) is 8.38. The van der Waals surface area contributed by atoms with Gasteiger partial charge in [0.1, 0.15) is 5.82 Å². The monoisotopic (exact) mass is 284 g/mol. The van der Waals surface area contributed by atoms with Crippen molar-refractivity contribution < 1.29 is 12.8 Å². The molecule has 0 aliphatic carbocycles. The molecule has 0 atom stereocenters. The Morgan fingerprint density at radius 1 is 1.00 bits per heavy atom. The lowest BCUT2D eigenvalue weighted by Gasteiger charge is -2.06. The molecule has 0 aliphatic heterocycles. The molecule has 0 heterocycles. The maximum absolute atomic E-state index is 12.8. The molecule has 0 radical (unpaired) electrons. The fourth-order valence-electron chi connectivity index (χ4n) is 1.74. The van der Waals surface area contributed by atoms with Crippen LogP contribution in [0.1, 0.15) is 5.56 Å². The summed E-state index contributed by atoms with van der Waals surface area (Å²) in [6.07, 6.45) is 0. The van der Waals surface area contributed by atoms with E-state index in [4.69, 9.17) is 10.7 Å². The predicted molar refractivity (Wildman–Crippen MR) is 69.6 cm³/mol. The minimum Gasteiger partial charge on any atom is -0.207 e. The summed E-state index contributed by atoms with van der Waals surface area (Å²) in [7, 11) is 1.58. The van der Waals surface area contributed by atoms with Crippen molar-refractivity contribution in [1.82, 2.24) is 0 Å². The summed E-state index contributed by atoms with van der Waals surface area (Å²) in [5, 5.41) is 0. The smallest absolute Gasteiger partial charge is 0.207 e. The number of benzene rings is 2. The second kappa shape index (κ2) is 4.71. The first kappa shape index (κ1) is 13.1. The highest BCUT2D eigenvalue weighted by atomic mass is 35.7. The van der Waals surface area contributed by atoms with Crippen molar-refractivity contribution in [3.05, 3.63) is 53.8 Å². The summed E-state index contributed by atoms with van der Waals surface area (Å²) >= 11 is 0. The van der Waals surface area contributed by atoms with E-state index in [0.717, 1.165) is 11.1 Å². The molecule has 2 rings (SSSR count). The van der Waals surface area contributed by atoms with Gasteiger partial charge in [0.2, 0.25) is 0 Å². The van der Waals surface area contributed by atoms with Crippen LogP contribution >= 0.6 is 10.7 Å². The maximum atomic E-state index is 12.8. The third-order valence-electron chi connectivity index (χ3n) is 2.62. The molecule has 0 bridgehead atoms. The molecule has 0 fully saturated rings. The quantitative estimate of drug-likeness (QED) is 0.788. The van der Waals surface area contributed by atoms with Crippen molar-refractivity contribution in [2.75, 3.05) is 0 Å². The lowest BCUT2D eigenvalue weighted by atomic mass is 10.0. The van der Waals surface area contributed by atoms with E-state index in [1.54, 1.807) is 31.2 Å². The standard InChI is InChI=1S/C13H10ClFO2S/c1-9-8-11(4-7-13(9)18(14,16)17)10-2-5-12(15)6-3-10/h2-8H,1H3. The van der Waals surface area contributed by atoms with Crippen LogP contribution in [0.25, 0.3) is 11.1 Å². The van der Waals surface area contributed by atoms with Gasteiger partial charge in [-0.05, 0) is 41.8 Å². The van der Waals surface area contributed by atoms with Gasteiger partial charge in [0.05, 0.1) is 4.90 Å². The molecule has 0 amide bonds. The molecular weight excluding hydrogens is 275 g/mol. The number of hydrogen-bond donors (Lipinski definition) is 0. The average molecular weight is 285 g/mol. The van der Waals surface area contributed by atoms with Crippen LogP contribution in [0.15, 0.2) is 47.4 Å². The molecule has 0 saturated heterocycles. The van der Waals surface area contributed by atoms with Crippen LogP contribution in [0.5, 0.6) is 0 Å². The Morgan fingerprint density at radius 3 is 2.06 bits per heavy atom. The SMILES string of the molecule is Cc1cc(-c2ccc(F)cc2)ccc1S(=O)(=O)Cl. The summed E-state index contributed by atoms with van der Waals surface area (Å²) in [5.74, 6) is -0.310. The van der Waals surface area contributed by atoms with Crippen molar-refractivity contribution in [3.8, 4) is 11.1 Å². The fraction of sp³-hybridized carbons (Fsp3) is 0.0769. The highest BCUT2D eigenvalue weighted by Gasteiger charge is 2.13. The average Bonchev–Trinajstić information content (AvgIpc) is 2.28. The van der Waals surface area contributed by atoms with Gasteiger partial charge in [-0.1, -0.05) is 24.3 Å². The third kappa shape index (κ3) is 2.71. The van der Waals surface area contributed by atoms with Crippen molar-refractivity contribution >= 4 is 19.7 Å². The van der Waals surface area contributed by atoms with Crippen LogP contribution < -0.4 is 0 Å². The van der Waals surface area contributed by atoms with Gasteiger partial charge >= 0.3 is 0 Å². The van der Waals surface area contributed by atoms with Crippen molar-refractivity contribution in [2.45, 2.75) is 11.8 Å². The summed E-state index contributed by atoms with van der Waals surface area (Å²) in [6.45, 7) is 1.67. The van der Waals surface area contributed by atoms with Crippen LogP contribution in [0.4, 0.5) is 4.39 Å². The molecule has 0 aliphatic rings. The van der Waals surface area contributed by atoms with Crippen molar-refractivity contribution in [1.29, 1.82) is 0 Å². The molecule has 2 aromatic carbocycles. The van der Waals surface area contributed by atoms with E-state index < -0.39 is 9.05 Å². The van der Waals surface area contributed by atoms with Gasteiger partial charge in [-0.3, -0.25) is 0 Å². The molecular formula is C13H10ClFO2S. The van der Waals surface area contributed by atoms with Crippen LogP contribution in [-0.4, -0.2) is 8.42 Å². The molecule has 0 saturated carbocycles. The lowest BCUT2D eigenvalue weighted by Crippen LogP contribution is -1.94. The second-order valence-corrected chi connectivity index (χ2v) is 6.46. The van der Waals surface area contributed by atoms with E-state index in [9.17, 15) is 12.8 Å². The molecule has 0 spiro atoms. The molecule has 18 heavy (non-hydrogen) atoms. The first-order valence-electron chi connectivity index (χ1n) is 5.19. The number of halogens is 2. The Morgan fingerprint density at radius 2 is 1.56 bits per heavy atom. The Labute approximate surface area is 109 Å². The fourth-order valence-corrected chi connectivity index (χ4v) is 2.94. The maximum Gasteiger partial charge on any atom is 0.261 e. The van der Waals surface area contributed by atoms with E-state index in [1.807, 2.05) is 0 Å². The lowest BCUT2D eigenvalue weighted by molar-refractivity contribution is 0.609. The van der Waals surface area contributed by atoms with Gasteiger partial charge in [0.25, 0.3) is 9.05 Å². The second-order valence-electron chi connectivity index (χ2n) is 3.93. The Balaban J connectivity index is 2.50. The van der Waals surface area contributed by atoms with E-state index in [-0.39, 0.29) is 10.7 Å². The predicted octanol–water partition coefficient (Wildman–Crippen LogP) is 3.73. The van der Waals surface area contributed by atoms with Gasteiger partial charge in [-0.2, -0.15) is 0 Å². The molecule has 5 heteroatoms. The Bertz CT molecular complexity index is 679. The normalized spacial score (nSPS) is 11.5. The van der Waals surface area contributed by atoms with E-state index in [1.165, 1.54) is 18.2 Å². The molecule has 94 valence electrons. The number of hydrogen-bond acceptors (Lipinski definition) is 2. The van der Waals surface area contributed by atoms with Crippen LogP contribution in [0.2, 0.25) is 0 Å². The molecule has 0 N–H and O–H groups in total. The van der Waals surface area contributed by atoms with E-state index >= 15 is 0 Å². The molecule has 0 aromatic heterocycles. The zero-order valence-corrected chi connectivity index (χ0v) is 11.1. The van der Waals surface area contributed by atoms with Gasteiger partial charge in [0, 0.05) is 10.7 Å². The minimum atomic E-state index is -3.73. The molecule has 2 nitrogen and oxygen atoms in total. The highest BCUT2D eigenvalue weighted by molar-refractivity contribution is 8.13. The third-order valence-corrected chi connectivity index (χ3v) is 4.10. The minimum absolute atomic E-state index is 0.0926. The molecule has 0 unspecified atom stereocenters. The van der Waals surface area contributed by atoms with Crippen LogP contribution in [0.3, 0.4) is 0 Å². The van der Waals surface area contributed by atoms with E-state index in [2.05, 4.69) is 0 Å². The zero-order chi connectivity index (χ0) is 13.3. The van der Waals surface area contributed by atoms with Gasteiger partial charge in [-0.25, -0.2) is 12.8 Å². The van der Waals surface area contributed by atoms with Crippen molar-refractivity contribution in [3.63, 3.8) is 0 Å². The summed E-state index contributed by atoms with van der Waals surface area (Å²) in [4.78, 5) is 0.0926. The number of aryl methyl sites for hydroxylation is 1. The highest BCUT2D eigenvalue weighted by Crippen LogP contribution is 2.26. The Kier molecular flexibility index (Phi) is 3.41. The van der Waals surface area contributed by atoms with Gasteiger partial charge in [-0.15, -0.1) is 0 Å². The Hall–Kier alpha value is -1.39.